The average molecular weight is 235 g/mol. The van der Waals surface area contributed by atoms with Crippen LogP contribution in [0.4, 0.5) is 14.5 Å². The molecule has 0 aliphatic rings. The van der Waals surface area contributed by atoms with E-state index >= 15 is 0 Å². The lowest BCUT2D eigenvalue weighted by molar-refractivity contribution is 0.509. The van der Waals surface area contributed by atoms with E-state index in [1.54, 1.807) is 18.4 Å². The van der Waals surface area contributed by atoms with E-state index in [4.69, 9.17) is 4.42 Å². The second kappa shape index (κ2) is 5.30. The number of furan rings is 1. The molecule has 0 radical (unpaired) electrons. The Morgan fingerprint density at radius 2 is 2.06 bits per heavy atom. The van der Waals surface area contributed by atoms with E-state index in [1.165, 1.54) is 6.07 Å². The van der Waals surface area contributed by atoms with Crippen molar-refractivity contribution in [2.45, 2.75) is 0 Å². The largest absolute Gasteiger partial charge is 0.465 e. The van der Waals surface area contributed by atoms with Crippen molar-refractivity contribution >= 4 is 11.8 Å². The molecule has 4 heteroatoms. The van der Waals surface area contributed by atoms with Gasteiger partial charge in [0.05, 0.1) is 6.26 Å². The molecule has 0 atom stereocenters. The highest BCUT2D eigenvalue weighted by atomic mass is 19.2. The van der Waals surface area contributed by atoms with E-state index < -0.39 is 11.6 Å². The predicted octanol–water partition coefficient (Wildman–Crippen LogP) is 3.68. The number of anilines is 1. The summed E-state index contributed by atoms with van der Waals surface area (Å²) in [5.41, 5.74) is 0.535. The fourth-order valence-corrected chi connectivity index (χ4v) is 1.34. The summed E-state index contributed by atoms with van der Waals surface area (Å²) in [6.45, 7) is 0.506. The van der Waals surface area contributed by atoms with Crippen LogP contribution in [-0.4, -0.2) is 6.54 Å². The Labute approximate surface area is 97.6 Å². The Hall–Kier alpha value is -2.10. The van der Waals surface area contributed by atoms with E-state index in [-0.39, 0.29) is 0 Å². The van der Waals surface area contributed by atoms with E-state index in [9.17, 15) is 8.78 Å². The zero-order valence-corrected chi connectivity index (χ0v) is 8.99. The Balaban J connectivity index is 1.88. The number of nitrogens with one attached hydrogen (secondary N) is 1. The molecule has 2 aromatic rings. The molecule has 17 heavy (non-hydrogen) atoms. The Morgan fingerprint density at radius 1 is 1.18 bits per heavy atom. The minimum atomic E-state index is -0.856. The van der Waals surface area contributed by atoms with Gasteiger partial charge in [-0.1, -0.05) is 6.08 Å². The number of halogens is 2. The molecule has 0 aliphatic heterocycles. The first-order valence-corrected chi connectivity index (χ1v) is 5.14. The number of hydrogen-bond donors (Lipinski definition) is 1. The molecule has 1 N–H and O–H groups in total. The van der Waals surface area contributed by atoms with Gasteiger partial charge in [0.2, 0.25) is 0 Å². The average Bonchev–Trinajstić information content (AvgIpc) is 2.82. The topological polar surface area (TPSA) is 25.2 Å². The van der Waals surface area contributed by atoms with Crippen molar-refractivity contribution in [2.75, 3.05) is 11.9 Å². The first kappa shape index (κ1) is 11.4. The molecule has 0 amide bonds. The lowest BCUT2D eigenvalue weighted by Crippen LogP contribution is -1.98. The molecule has 2 nitrogen and oxygen atoms in total. The maximum absolute atomic E-state index is 12.9. The lowest BCUT2D eigenvalue weighted by Gasteiger charge is -2.03. The summed E-state index contributed by atoms with van der Waals surface area (Å²) in [6.07, 6.45) is 5.22. The third-order valence-corrected chi connectivity index (χ3v) is 2.17. The first-order chi connectivity index (χ1) is 8.25. The van der Waals surface area contributed by atoms with Gasteiger partial charge in [-0.25, -0.2) is 8.78 Å². The number of rotatable bonds is 4. The summed E-state index contributed by atoms with van der Waals surface area (Å²) in [4.78, 5) is 0. The Morgan fingerprint density at radius 3 is 2.76 bits per heavy atom. The van der Waals surface area contributed by atoms with Crippen molar-refractivity contribution < 1.29 is 13.2 Å². The van der Waals surface area contributed by atoms with Gasteiger partial charge < -0.3 is 9.73 Å². The molecule has 0 spiro atoms. The van der Waals surface area contributed by atoms with Gasteiger partial charge in [0.25, 0.3) is 0 Å². The smallest absolute Gasteiger partial charge is 0.160 e. The maximum atomic E-state index is 12.9. The van der Waals surface area contributed by atoms with E-state index in [0.29, 0.717) is 12.2 Å². The van der Waals surface area contributed by atoms with Crippen LogP contribution in [0.3, 0.4) is 0 Å². The molecular formula is C13H11F2NO. The summed E-state index contributed by atoms with van der Waals surface area (Å²) in [5, 5.41) is 2.94. The van der Waals surface area contributed by atoms with Crippen LogP contribution < -0.4 is 5.32 Å². The van der Waals surface area contributed by atoms with Crippen LogP contribution in [0.25, 0.3) is 6.08 Å². The molecule has 0 saturated heterocycles. The number of hydrogen-bond acceptors (Lipinski definition) is 2. The van der Waals surface area contributed by atoms with Gasteiger partial charge >= 0.3 is 0 Å². The summed E-state index contributed by atoms with van der Waals surface area (Å²) in [7, 11) is 0. The number of benzene rings is 1. The molecule has 0 saturated carbocycles. The molecular weight excluding hydrogens is 224 g/mol. The van der Waals surface area contributed by atoms with Crippen molar-refractivity contribution in [1.29, 1.82) is 0 Å². The van der Waals surface area contributed by atoms with Gasteiger partial charge in [0.1, 0.15) is 5.76 Å². The standard InChI is InChI=1S/C13H11F2NO/c14-12-6-5-10(9-13(12)15)16-7-1-3-11-4-2-8-17-11/h1-6,8-9,16H,7H2/b3-1+. The van der Waals surface area contributed by atoms with Gasteiger partial charge in [-0.15, -0.1) is 0 Å². The summed E-state index contributed by atoms with van der Waals surface area (Å²) < 4.78 is 30.6. The molecule has 1 aromatic carbocycles. The van der Waals surface area contributed by atoms with Crippen LogP contribution in [0.2, 0.25) is 0 Å². The van der Waals surface area contributed by atoms with Crippen molar-refractivity contribution in [3.8, 4) is 0 Å². The van der Waals surface area contributed by atoms with E-state index in [0.717, 1.165) is 17.9 Å². The highest BCUT2D eigenvalue weighted by Crippen LogP contribution is 2.12. The van der Waals surface area contributed by atoms with Gasteiger partial charge in [-0.05, 0) is 30.3 Å². The summed E-state index contributed by atoms with van der Waals surface area (Å²) in [6, 6.07) is 7.32. The van der Waals surface area contributed by atoms with Crippen LogP contribution in [0.15, 0.2) is 47.1 Å². The monoisotopic (exact) mass is 235 g/mol. The van der Waals surface area contributed by atoms with Crippen molar-refractivity contribution in [1.82, 2.24) is 0 Å². The lowest BCUT2D eigenvalue weighted by atomic mass is 10.3. The van der Waals surface area contributed by atoms with Gasteiger partial charge in [0, 0.05) is 18.3 Å². The highest BCUT2D eigenvalue weighted by Gasteiger charge is 2.00. The predicted molar refractivity (Wildman–Crippen MR) is 62.6 cm³/mol. The van der Waals surface area contributed by atoms with Crippen LogP contribution >= 0.6 is 0 Å². The molecule has 0 fully saturated rings. The summed E-state index contributed by atoms with van der Waals surface area (Å²) >= 11 is 0. The molecule has 0 unspecified atom stereocenters. The molecule has 2 rings (SSSR count). The molecule has 1 aromatic heterocycles. The maximum Gasteiger partial charge on any atom is 0.160 e. The van der Waals surface area contributed by atoms with Crippen LogP contribution in [0, 0.1) is 11.6 Å². The van der Waals surface area contributed by atoms with Gasteiger partial charge in [-0.2, -0.15) is 0 Å². The highest BCUT2D eigenvalue weighted by molar-refractivity contribution is 5.47. The van der Waals surface area contributed by atoms with Gasteiger partial charge in [-0.3, -0.25) is 0 Å². The minimum Gasteiger partial charge on any atom is -0.465 e. The third-order valence-electron chi connectivity index (χ3n) is 2.17. The molecule has 1 heterocycles. The fraction of sp³-hybridized carbons (Fsp3) is 0.0769. The quantitative estimate of drug-likeness (QED) is 0.874. The molecule has 0 aliphatic carbocycles. The minimum absolute atomic E-state index is 0.506. The van der Waals surface area contributed by atoms with E-state index in [1.807, 2.05) is 12.1 Å². The van der Waals surface area contributed by atoms with Crippen molar-refractivity contribution in [2.24, 2.45) is 0 Å². The van der Waals surface area contributed by atoms with E-state index in [2.05, 4.69) is 5.32 Å². The molecule has 0 bridgehead atoms. The third kappa shape index (κ3) is 3.17. The van der Waals surface area contributed by atoms with Crippen LogP contribution in [-0.2, 0) is 0 Å². The first-order valence-electron chi connectivity index (χ1n) is 5.14. The second-order valence-corrected chi connectivity index (χ2v) is 3.43. The molecule has 88 valence electrons. The normalized spacial score (nSPS) is 10.9. The fourth-order valence-electron chi connectivity index (χ4n) is 1.34. The van der Waals surface area contributed by atoms with Crippen molar-refractivity contribution in [3.63, 3.8) is 0 Å². The van der Waals surface area contributed by atoms with Crippen LogP contribution in [0.5, 0.6) is 0 Å². The van der Waals surface area contributed by atoms with Crippen molar-refractivity contribution in [3.05, 3.63) is 60.1 Å². The zero-order chi connectivity index (χ0) is 12.1. The Bertz CT molecular complexity index is 506. The SMILES string of the molecule is Fc1ccc(NC/C=C/c2ccco2)cc1F. The second-order valence-electron chi connectivity index (χ2n) is 3.43. The van der Waals surface area contributed by atoms with Crippen LogP contribution in [0.1, 0.15) is 5.76 Å². The summed E-state index contributed by atoms with van der Waals surface area (Å²) in [5.74, 6) is -0.955. The van der Waals surface area contributed by atoms with Gasteiger partial charge in [0.15, 0.2) is 11.6 Å². The Kier molecular flexibility index (Phi) is 3.55. The zero-order valence-electron chi connectivity index (χ0n) is 8.99.